The molecule has 1 amide bonds. The zero-order chi connectivity index (χ0) is 13.2. The van der Waals surface area contributed by atoms with E-state index in [1.54, 1.807) is 0 Å². The summed E-state index contributed by atoms with van der Waals surface area (Å²) < 4.78 is 0. The van der Waals surface area contributed by atoms with Crippen LogP contribution in [-0.2, 0) is 17.8 Å². The smallest absolute Gasteiger partial charge is 0.237 e. The maximum atomic E-state index is 12.3. The first kappa shape index (κ1) is 12.7. The zero-order valence-electron chi connectivity index (χ0n) is 11.5. The molecule has 19 heavy (non-hydrogen) atoms. The molecule has 3 nitrogen and oxygen atoms in total. The second-order valence-corrected chi connectivity index (χ2v) is 5.89. The van der Waals surface area contributed by atoms with Crippen molar-refractivity contribution in [2.24, 2.45) is 5.92 Å². The van der Waals surface area contributed by atoms with Gasteiger partial charge < -0.3 is 10.6 Å². The Hall–Kier alpha value is -1.35. The highest BCUT2D eigenvalue weighted by molar-refractivity contribution is 5.82. The van der Waals surface area contributed by atoms with Crippen molar-refractivity contribution in [2.45, 2.75) is 51.2 Å². The first-order valence-corrected chi connectivity index (χ1v) is 7.34. The molecular weight excluding hydrogens is 236 g/mol. The summed E-state index contributed by atoms with van der Waals surface area (Å²) in [5, 5.41) is 6.52. The van der Waals surface area contributed by atoms with Gasteiger partial charge in [0.25, 0.3) is 0 Å². The first-order chi connectivity index (χ1) is 9.24. The van der Waals surface area contributed by atoms with Crippen molar-refractivity contribution < 1.29 is 4.79 Å². The summed E-state index contributed by atoms with van der Waals surface area (Å²) in [7, 11) is 0. The Morgan fingerprint density at radius 3 is 2.74 bits per heavy atom. The van der Waals surface area contributed by atoms with Gasteiger partial charge in [-0.25, -0.2) is 0 Å². The van der Waals surface area contributed by atoms with Gasteiger partial charge in [-0.05, 0) is 43.2 Å². The van der Waals surface area contributed by atoms with E-state index in [1.165, 1.54) is 30.4 Å². The van der Waals surface area contributed by atoms with E-state index in [9.17, 15) is 4.79 Å². The van der Waals surface area contributed by atoms with E-state index in [0.717, 1.165) is 13.0 Å². The van der Waals surface area contributed by atoms with Crippen LogP contribution in [-0.4, -0.2) is 18.0 Å². The molecule has 0 radical (unpaired) electrons. The number of carbonyl (C=O) groups is 1. The van der Waals surface area contributed by atoms with Crippen LogP contribution >= 0.6 is 0 Å². The highest BCUT2D eigenvalue weighted by Gasteiger charge is 2.29. The number of carbonyl (C=O) groups excluding carboxylic acids is 1. The molecule has 1 aliphatic carbocycles. The van der Waals surface area contributed by atoms with Gasteiger partial charge in [0.15, 0.2) is 0 Å². The van der Waals surface area contributed by atoms with Crippen LogP contribution in [0.1, 0.15) is 37.3 Å². The minimum absolute atomic E-state index is 0.0718. The van der Waals surface area contributed by atoms with Crippen molar-refractivity contribution in [1.29, 1.82) is 0 Å². The lowest BCUT2D eigenvalue weighted by Crippen LogP contribution is -2.51. The largest absolute Gasteiger partial charge is 0.352 e. The molecule has 1 aromatic rings. The summed E-state index contributed by atoms with van der Waals surface area (Å²) in [5.41, 5.74) is 2.62. The molecule has 102 valence electrons. The Labute approximate surface area is 114 Å². The number of nitrogens with one attached hydrogen (secondary N) is 2. The summed E-state index contributed by atoms with van der Waals surface area (Å²) >= 11 is 0. The Balaban J connectivity index is 1.59. The van der Waals surface area contributed by atoms with Crippen molar-refractivity contribution in [1.82, 2.24) is 10.6 Å². The van der Waals surface area contributed by atoms with Crippen LogP contribution in [0.5, 0.6) is 0 Å². The van der Waals surface area contributed by atoms with Crippen LogP contribution in [0.3, 0.4) is 0 Å². The lowest BCUT2D eigenvalue weighted by atomic mass is 9.80. The molecular formula is C16H22N2O. The molecule has 0 spiro atoms. The molecule has 2 atom stereocenters. The lowest BCUT2D eigenvalue weighted by Gasteiger charge is -2.33. The molecule has 1 aliphatic heterocycles. The standard InChI is InChI=1S/C16H22N2O/c1-11(12-7-4-8-12)18-16(19)15-9-13-5-2-3-6-14(13)10-17-15/h2-3,5-6,11-12,15,17H,4,7-10H2,1H3,(H,18,19). The average Bonchev–Trinajstić information content (AvgIpc) is 2.36. The van der Waals surface area contributed by atoms with Crippen LogP contribution in [0.2, 0.25) is 0 Å². The third-order valence-electron chi connectivity index (χ3n) is 4.62. The first-order valence-electron chi connectivity index (χ1n) is 7.34. The van der Waals surface area contributed by atoms with Gasteiger partial charge in [0.2, 0.25) is 5.91 Å². The molecule has 0 bridgehead atoms. The monoisotopic (exact) mass is 258 g/mol. The highest BCUT2D eigenvalue weighted by atomic mass is 16.2. The van der Waals surface area contributed by atoms with Gasteiger partial charge in [0, 0.05) is 12.6 Å². The van der Waals surface area contributed by atoms with Crippen molar-refractivity contribution >= 4 is 5.91 Å². The molecule has 2 aliphatic rings. The van der Waals surface area contributed by atoms with Crippen LogP contribution < -0.4 is 10.6 Å². The maximum Gasteiger partial charge on any atom is 0.237 e. The molecule has 2 unspecified atom stereocenters. The summed E-state index contributed by atoms with van der Waals surface area (Å²) in [5.74, 6) is 0.855. The fourth-order valence-electron chi connectivity index (χ4n) is 3.02. The van der Waals surface area contributed by atoms with E-state index < -0.39 is 0 Å². The fourth-order valence-corrected chi connectivity index (χ4v) is 3.02. The molecule has 1 fully saturated rings. The van der Waals surface area contributed by atoms with E-state index in [1.807, 2.05) is 0 Å². The number of benzene rings is 1. The number of hydrogen-bond donors (Lipinski definition) is 2. The molecule has 1 aromatic carbocycles. The van der Waals surface area contributed by atoms with E-state index in [2.05, 4.69) is 41.8 Å². The maximum absolute atomic E-state index is 12.3. The minimum Gasteiger partial charge on any atom is -0.352 e. The lowest BCUT2D eigenvalue weighted by molar-refractivity contribution is -0.124. The second kappa shape index (κ2) is 5.33. The van der Waals surface area contributed by atoms with Crippen LogP contribution in [0.15, 0.2) is 24.3 Å². The zero-order valence-corrected chi connectivity index (χ0v) is 11.5. The van der Waals surface area contributed by atoms with Crippen LogP contribution in [0.4, 0.5) is 0 Å². The molecule has 1 heterocycles. The Bertz CT molecular complexity index is 468. The van der Waals surface area contributed by atoms with E-state index in [0.29, 0.717) is 12.0 Å². The molecule has 3 rings (SSSR count). The number of fused-ring (bicyclic) bond motifs is 1. The number of hydrogen-bond acceptors (Lipinski definition) is 2. The molecule has 0 saturated heterocycles. The molecule has 0 aromatic heterocycles. The second-order valence-electron chi connectivity index (χ2n) is 5.89. The highest BCUT2D eigenvalue weighted by Crippen LogP contribution is 2.29. The van der Waals surface area contributed by atoms with Gasteiger partial charge in [-0.2, -0.15) is 0 Å². The summed E-state index contributed by atoms with van der Waals surface area (Å²) in [6.45, 7) is 2.94. The molecule has 2 N–H and O–H groups in total. The van der Waals surface area contributed by atoms with Gasteiger partial charge in [-0.15, -0.1) is 0 Å². The quantitative estimate of drug-likeness (QED) is 0.870. The van der Waals surface area contributed by atoms with Crippen molar-refractivity contribution in [3.05, 3.63) is 35.4 Å². The predicted octanol–water partition coefficient (Wildman–Crippen LogP) is 2.01. The van der Waals surface area contributed by atoms with Gasteiger partial charge in [0.05, 0.1) is 6.04 Å². The van der Waals surface area contributed by atoms with Crippen LogP contribution in [0, 0.1) is 5.92 Å². The Morgan fingerprint density at radius 1 is 1.32 bits per heavy atom. The summed E-state index contributed by atoms with van der Waals surface area (Å²) in [4.78, 5) is 12.3. The van der Waals surface area contributed by atoms with Gasteiger partial charge >= 0.3 is 0 Å². The van der Waals surface area contributed by atoms with Crippen molar-refractivity contribution in [3.8, 4) is 0 Å². The van der Waals surface area contributed by atoms with Crippen molar-refractivity contribution in [3.63, 3.8) is 0 Å². The molecule has 1 saturated carbocycles. The fraction of sp³-hybridized carbons (Fsp3) is 0.562. The average molecular weight is 258 g/mol. The van der Waals surface area contributed by atoms with Crippen LogP contribution in [0.25, 0.3) is 0 Å². The Morgan fingerprint density at radius 2 is 2.05 bits per heavy atom. The third kappa shape index (κ3) is 2.66. The summed E-state index contributed by atoms with van der Waals surface area (Å²) in [6.07, 6.45) is 4.66. The molecule has 3 heteroatoms. The van der Waals surface area contributed by atoms with E-state index in [4.69, 9.17) is 0 Å². The number of amides is 1. The normalized spacial score (nSPS) is 24.2. The topological polar surface area (TPSA) is 41.1 Å². The Kier molecular flexibility index (Phi) is 3.56. The summed E-state index contributed by atoms with van der Waals surface area (Å²) in [6, 6.07) is 8.62. The minimum atomic E-state index is -0.0718. The van der Waals surface area contributed by atoms with E-state index in [-0.39, 0.29) is 11.9 Å². The van der Waals surface area contributed by atoms with Gasteiger partial charge in [0.1, 0.15) is 0 Å². The predicted molar refractivity (Wildman–Crippen MR) is 75.7 cm³/mol. The number of rotatable bonds is 3. The van der Waals surface area contributed by atoms with Gasteiger partial charge in [-0.1, -0.05) is 30.7 Å². The third-order valence-corrected chi connectivity index (χ3v) is 4.62. The SMILES string of the molecule is CC(NC(=O)C1Cc2ccccc2CN1)C1CCC1. The van der Waals surface area contributed by atoms with E-state index >= 15 is 0 Å². The van der Waals surface area contributed by atoms with Gasteiger partial charge in [-0.3, -0.25) is 4.79 Å². The van der Waals surface area contributed by atoms with Crippen molar-refractivity contribution in [2.75, 3.05) is 0 Å².